The molecule has 110 valence electrons. The molecular weight excluding hydrogens is 282 g/mol. The van der Waals surface area contributed by atoms with Crippen LogP contribution in [0.5, 0.6) is 0 Å². The van der Waals surface area contributed by atoms with E-state index in [4.69, 9.17) is 5.73 Å². The summed E-state index contributed by atoms with van der Waals surface area (Å²) in [5, 5.41) is 5.88. The molecule has 0 bridgehead atoms. The summed E-state index contributed by atoms with van der Waals surface area (Å²) < 4.78 is 0. The number of nitrogens with zero attached hydrogens (tertiary/aromatic N) is 1. The smallest absolute Gasteiger partial charge is 0.251 e. The number of carbonyl (C=O) groups is 1. The molecule has 1 heterocycles. The van der Waals surface area contributed by atoms with E-state index < -0.39 is 0 Å². The number of carbonyl (C=O) groups excluding carboxylic acids is 1. The summed E-state index contributed by atoms with van der Waals surface area (Å²) in [6.07, 6.45) is 2.38. The fourth-order valence-electron chi connectivity index (χ4n) is 2.28. The van der Waals surface area contributed by atoms with Gasteiger partial charge in [0.1, 0.15) is 5.01 Å². The van der Waals surface area contributed by atoms with Gasteiger partial charge in [0.05, 0.1) is 0 Å². The lowest BCUT2D eigenvalue weighted by atomic mass is 10.1. The van der Waals surface area contributed by atoms with Crippen molar-refractivity contribution in [2.24, 2.45) is 11.7 Å². The summed E-state index contributed by atoms with van der Waals surface area (Å²) in [4.78, 5) is 16.7. The van der Waals surface area contributed by atoms with Gasteiger partial charge in [-0.05, 0) is 37.8 Å². The molecule has 1 atom stereocenters. The lowest BCUT2D eigenvalue weighted by molar-refractivity contribution is 0.0950. The summed E-state index contributed by atoms with van der Waals surface area (Å²) in [6.45, 7) is 2.51. The van der Waals surface area contributed by atoms with Gasteiger partial charge in [-0.2, -0.15) is 0 Å². The summed E-state index contributed by atoms with van der Waals surface area (Å²) in [7, 11) is 0. The zero-order chi connectivity index (χ0) is 14.8. The highest BCUT2D eigenvalue weighted by Gasteiger charge is 2.28. The van der Waals surface area contributed by atoms with Gasteiger partial charge in [-0.1, -0.05) is 12.1 Å². The van der Waals surface area contributed by atoms with Crippen molar-refractivity contribution in [1.82, 2.24) is 10.3 Å². The number of aryl methyl sites for hydroxylation is 1. The van der Waals surface area contributed by atoms with Crippen molar-refractivity contribution in [3.8, 4) is 10.6 Å². The number of nitrogens with two attached hydrogens (primary N) is 1. The quantitative estimate of drug-likeness (QED) is 0.892. The first-order valence-corrected chi connectivity index (χ1v) is 8.08. The second-order valence-electron chi connectivity index (χ2n) is 5.59. The van der Waals surface area contributed by atoms with E-state index in [2.05, 4.69) is 10.3 Å². The van der Waals surface area contributed by atoms with Crippen LogP contribution in [0.15, 0.2) is 29.6 Å². The number of hydrogen-bond donors (Lipinski definition) is 2. The second kappa shape index (κ2) is 5.95. The van der Waals surface area contributed by atoms with Crippen molar-refractivity contribution in [3.63, 3.8) is 0 Å². The molecule has 1 aromatic carbocycles. The predicted octanol–water partition coefficient (Wildman–Crippen LogP) is 2.59. The monoisotopic (exact) mass is 301 g/mol. The molecule has 1 amide bonds. The maximum absolute atomic E-state index is 12.2. The minimum absolute atomic E-state index is 0.0683. The third kappa shape index (κ3) is 3.49. The number of amides is 1. The van der Waals surface area contributed by atoms with Gasteiger partial charge in [-0.3, -0.25) is 4.79 Å². The van der Waals surface area contributed by atoms with Crippen LogP contribution in [-0.2, 0) is 0 Å². The van der Waals surface area contributed by atoms with Gasteiger partial charge < -0.3 is 11.1 Å². The molecule has 1 aliphatic rings. The van der Waals surface area contributed by atoms with Gasteiger partial charge in [0.25, 0.3) is 5.91 Å². The summed E-state index contributed by atoms with van der Waals surface area (Å²) in [5.74, 6) is 0.524. The first kappa shape index (κ1) is 14.2. The molecule has 0 spiro atoms. The van der Waals surface area contributed by atoms with Crippen molar-refractivity contribution >= 4 is 17.2 Å². The first-order chi connectivity index (χ1) is 10.1. The third-order valence-electron chi connectivity index (χ3n) is 3.72. The van der Waals surface area contributed by atoms with Crippen LogP contribution in [0.1, 0.15) is 28.9 Å². The Hall–Kier alpha value is -1.72. The molecule has 4 nitrogen and oxygen atoms in total. The maximum Gasteiger partial charge on any atom is 0.251 e. The van der Waals surface area contributed by atoms with Crippen LogP contribution in [0.2, 0.25) is 0 Å². The first-order valence-electron chi connectivity index (χ1n) is 7.20. The van der Waals surface area contributed by atoms with Gasteiger partial charge in [-0.15, -0.1) is 11.3 Å². The van der Waals surface area contributed by atoms with Gasteiger partial charge in [0.15, 0.2) is 0 Å². The van der Waals surface area contributed by atoms with E-state index in [0.717, 1.165) is 16.3 Å². The molecule has 3 rings (SSSR count). The molecule has 0 saturated heterocycles. The van der Waals surface area contributed by atoms with Crippen molar-refractivity contribution in [1.29, 1.82) is 0 Å². The zero-order valence-electron chi connectivity index (χ0n) is 12.0. The van der Waals surface area contributed by atoms with Crippen LogP contribution < -0.4 is 11.1 Å². The lowest BCUT2D eigenvalue weighted by Gasteiger charge is -2.11. The average Bonchev–Trinajstić information content (AvgIpc) is 3.26. The Morgan fingerprint density at radius 1 is 1.52 bits per heavy atom. The normalized spacial score (nSPS) is 15.7. The van der Waals surface area contributed by atoms with E-state index in [1.165, 1.54) is 12.8 Å². The molecule has 1 aliphatic carbocycles. The fourth-order valence-corrected chi connectivity index (χ4v) is 3.08. The molecule has 2 aromatic rings. The molecule has 0 radical (unpaired) electrons. The zero-order valence-corrected chi connectivity index (χ0v) is 12.8. The average molecular weight is 301 g/mol. The molecule has 1 saturated carbocycles. The van der Waals surface area contributed by atoms with Gasteiger partial charge in [0.2, 0.25) is 0 Å². The topological polar surface area (TPSA) is 68.0 Å². The van der Waals surface area contributed by atoms with Crippen LogP contribution >= 0.6 is 11.3 Å². The van der Waals surface area contributed by atoms with Crippen LogP contribution in [0.3, 0.4) is 0 Å². The Labute approximate surface area is 128 Å². The second-order valence-corrected chi connectivity index (χ2v) is 6.44. The Morgan fingerprint density at radius 3 is 3.00 bits per heavy atom. The Balaban J connectivity index is 1.68. The molecular formula is C16H19N3OS. The largest absolute Gasteiger partial charge is 0.350 e. The molecule has 21 heavy (non-hydrogen) atoms. The minimum Gasteiger partial charge on any atom is -0.350 e. The summed E-state index contributed by atoms with van der Waals surface area (Å²) in [6, 6.07) is 7.66. The SMILES string of the molecule is Cc1csc(-c2cccc(C(=O)NCC(N)C3CC3)c2)n1. The Bertz CT molecular complexity index is 648. The van der Waals surface area contributed by atoms with E-state index in [-0.39, 0.29) is 11.9 Å². The van der Waals surface area contributed by atoms with E-state index in [9.17, 15) is 4.79 Å². The maximum atomic E-state index is 12.2. The number of aromatic nitrogens is 1. The van der Waals surface area contributed by atoms with Crippen molar-refractivity contribution in [3.05, 3.63) is 40.9 Å². The standard InChI is InChI=1S/C16H19N3OS/c1-10-9-21-16(19-10)13-4-2-3-12(7-13)15(20)18-8-14(17)11-5-6-11/h2-4,7,9,11,14H,5-6,8,17H2,1H3,(H,18,20). The summed E-state index contributed by atoms with van der Waals surface area (Å²) >= 11 is 1.59. The number of nitrogens with one attached hydrogen (secondary N) is 1. The molecule has 5 heteroatoms. The van der Waals surface area contributed by atoms with E-state index >= 15 is 0 Å². The highest BCUT2D eigenvalue weighted by Crippen LogP contribution is 2.31. The van der Waals surface area contributed by atoms with Crippen LogP contribution in [0.25, 0.3) is 10.6 Å². The predicted molar refractivity (Wildman–Crippen MR) is 85.3 cm³/mol. The highest BCUT2D eigenvalue weighted by molar-refractivity contribution is 7.13. The van der Waals surface area contributed by atoms with E-state index in [1.54, 1.807) is 11.3 Å². The number of hydrogen-bond acceptors (Lipinski definition) is 4. The van der Waals surface area contributed by atoms with Gasteiger partial charge >= 0.3 is 0 Å². The Kier molecular flexibility index (Phi) is 4.03. The summed E-state index contributed by atoms with van der Waals surface area (Å²) in [5.41, 5.74) is 8.64. The minimum atomic E-state index is -0.0683. The number of rotatable bonds is 5. The van der Waals surface area contributed by atoms with Crippen molar-refractivity contribution < 1.29 is 4.79 Å². The molecule has 0 aliphatic heterocycles. The molecule has 3 N–H and O–H groups in total. The number of thiazole rings is 1. The number of benzene rings is 1. The van der Waals surface area contributed by atoms with Crippen LogP contribution in [-0.4, -0.2) is 23.5 Å². The molecule has 1 fully saturated rings. The third-order valence-corrected chi connectivity index (χ3v) is 4.73. The van der Waals surface area contributed by atoms with Crippen molar-refractivity contribution in [2.45, 2.75) is 25.8 Å². The highest BCUT2D eigenvalue weighted by atomic mass is 32.1. The Morgan fingerprint density at radius 2 is 2.33 bits per heavy atom. The van der Waals surface area contributed by atoms with Gasteiger partial charge in [-0.25, -0.2) is 4.98 Å². The lowest BCUT2D eigenvalue weighted by Crippen LogP contribution is -2.38. The molecule has 1 aromatic heterocycles. The van der Waals surface area contributed by atoms with Crippen molar-refractivity contribution in [2.75, 3.05) is 6.54 Å². The van der Waals surface area contributed by atoms with Crippen LogP contribution in [0, 0.1) is 12.8 Å². The fraction of sp³-hybridized carbons (Fsp3) is 0.375. The van der Waals surface area contributed by atoms with E-state index in [1.807, 2.05) is 36.6 Å². The molecule has 1 unspecified atom stereocenters. The van der Waals surface area contributed by atoms with E-state index in [0.29, 0.717) is 18.0 Å². The van der Waals surface area contributed by atoms with Crippen LogP contribution in [0.4, 0.5) is 0 Å². The van der Waals surface area contributed by atoms with Gasteiger partial charge in [0, 0.05) is 34.8 Å².